The van der Waals surface area contributed by atoms with Crippen LogP contribution in [0.4, 0.5) is 0 Å². The van der Waals surface area contributed by atoms with Crippen LogP contribution in [-0.2, 0) is 17.9 Å². The minimum absolute atomic E-state index is 0.305. The highest BCUT2D eigenvalue weighted by atomic mass is 16.2. The normalized spacial score (nSPS) is 13.9. The van der Waals surface area contributed by atoms with E-state index < -0.39 is 0 Å². The molecule has 1 amide bonds. The molecule has 0 spiro atoms. The number of amides is 1. The summed E-state index contributed by atoms with van der Waals surface area (Å²) in [6.45, 7) is 8.48. The third-order valence-corrected chi connectivity index (χ3v) is 6.07. The highest BCUT2D eigenvalue weighted by Crippen LogP contribution is 2.25. The van der Waals surface area contributed by atoms with Crippen molar-refractivity contribution in [2.45, 2.75) is 46.2 Å². The van der Waals surface area contributed by atoms with Crippen LogP contribution in [0.3, 0.4) is 0 Å². The van der Waals surface area contributed by atoms with E-state index in [1.54, 1.807) is 0 Å². The lowest BCUT2D eigenvalue weighted by Gasteiger charge is -2.15. The first-order chi connectivity index (χ1) is 15.1. The van der Waals surface area contributed by atoms with Gasteiger partial charge >= 0.3 is 0 Å². The van der Waals surface area contributed by atoms with Crippen LogP contribution < -0.4 is 5.32 Å². The van der Waals surface area contributed by atoms with Crippen LogP contribution >= 0.6 is 0 Å². The predicted molar refractivity (Wildman–Crippen MR) is 125 cm³/mol. The van der Waals surface area contributed by atoms with Gasteiger partial charge in [-0.2, -0.15) is 5.10 Å². The summed E-state index contributed by atoms with van der Waals surface area (Å²) in [5, 5.41) is 8.50. The first-order valence-corrected chi connectivity index (χ1v) is 11.3. The Kier molecular flexibility index (Phi) is 6.82. The van der Waals surface area contributed by atoms with Crippen LogP contribution in [0.2, 0.25) is 0 Å². The molecule has 4 rings (SSSR count). The summed E-state index contributed by atoms with van der Waals surface area (Å²) in [4.78, 5) is 13.7. The Morgan fingerprint density at radius 2 is 1.90 bits per heavy atom. The van der Waals surface area contributed by atoms with Gasteiger partial charge in [-0.1, -0.05) is 42.5 Å². The second-order valence-electron chi connectivity index (χ2n) is 8.50. The van der Waals surface area contributed by atoms with Gasteiger partial charge in [0, 0.05) is 43.4 Å². The number of aryl methyl sites for hydroxylation is 2. The molecule has 0 atom stereocenters. The lowest BCUT2D eigenvalue weighted by atomic mass is 10.0. The van der Waals surface area contributed by atoms with Crippen molar-refractivity contribution in [3.63, 3.8) is 0 Å². The summed E-state index contributed by atoms with van der Waals surface area (Å²) in [5.41, 5.74) is 7.23. The Hall–Kier alpha value is -2.92. The van der Waals surface area contributed by atoms with Gasteiger partial charge in [-0.25, -0.2) is 0 Å². The molecule has 5 heteroatoms. The van der Waals surface area contributed by atoms with Gasteiger partial charge in [-0.3, -0.25) is 9.48 Å². The van der Waals surface area contributed by atoms with Crippen molar-refractivity contribution in [3.05, 3.63) is 77.0 Å². The SMILES string of the molecule is Cc1ccc(-c2nn(Cc3ccccc3)cc2CNCCCN2CCCC2=O)cc1C. The molecule has 162 valence electrons. The Bertz CT molecular complexity index is 1030. The van der Waals surface area contributed by atoms with E-state index in [1.807, 2.05) is 15.6 Å². The summed E-state index contributed by atoms with van der Waals surface area (Å²) < 4.78 is 2.04. The minimum atomic E-state index is 0.305. The number of carbonyl (C=O) groups excluding carboxylic acids is 1. The monoisotopic (exact) mass is 416 g/mol. The van der Waals surface area contributed by atoms with Crippen LogP contribution in [0.1, 0.15) is 41.5 Å². The number of nitrogens with one attached hydrogen (secondary N) is 1. The number of benzene rings is 2. The molecule has 1 saturated heterocycles. The van der Waals surface area contributed by atoms with Gasteiger partial charge in [0.1, 0.15) is 0 Å². The van der Waals surface area contributed by atoms with E-state index in [1.165, 1.54) is 22.3 Å². The Balaban J connectivity index is 1.44. The molecule has 0 bridgehead atoms. The zero-order valence-electron chi connectivity index (χ0n) is 18.6. The predicted octanol–water partition coefficient (Wildman–Crippen LogP) is 4.32. The molecule has 0 radical (unpaired) electrons. The fraction of sp³-hybridized carbons (Fsp3) is 0.385. The lowest BCUT2D eigenvalue weighted by Crippen LogP contribution is -2.28. The van der Waals surface area contributed by atoms with Gasteiger partial charge < -0.3 is 10.2 Å². The molecular formula is C26H32N4O. The second-order valence-corrected chi connectivity index (χ2v) is 8.50. The highest BCUT2D eigenvalue weighted by molar-refractivity contribution is 5.78. The molecule has 1 aliphatic rings. The van der Waals surface area contributed by atoms with E-state index in [-0.39, 0.29) is 0 Å². The van der Waals surface area contributed by atoms with Crippen molar-refractivity contribution in [1.29, 1.82) is 0 Å². The lowest BCUT2D eigenvalue weighted by molar-refractivity contribution is -0.127. The molecule has 2 heterocycles. The van der Waals surface area contributed by atoms with E-state index in [0.29, 0.717) is 12.3 Å². The number of likely N-dealkylation sites (tertiary alicyclic amines) is 1. The van der Waals surface area contributed by atoms with Gasteiger partial charge in [0.25, 0.3) is 0 Å². The number of hydrogen-bond acceptors (Lipinski definition) is 3. The van der Waals surface area contributed by atoms with Crippen LogP contribution in [0.25, 0.3) is 11.3 Å². The maximum Gasteiger partial charge on any atom is 0.222 e. The number of carbonyl (C=O) groups is 1. The van der Waals surface area contributed by atoms with E-state index in [9.17, 15) is 4.79 Å². The third kappa shape index (κ3) is 5.42. The Morgan fingerprint density at radius 1 is 1.06 bits per heavy atom. The minimum Gasteiger partial charge on any atom is -0.343 e. The Labute approximate surface area is 185 Å². The third-order valence-electron chi connectivity index (χ3n) is 6.07. The molecule has 0 saturated carbocycles. The van der Waals surface area contributed by atoms with E-state index in [4.69, 9.17) is 5.10 Å². The smallest absolute Gasteiger partial charge is 0.222 e. The molecule has 31 heavy (non-hydrogen) atoms. The fourth-order valence-electron chi connectivity index (χ4n) is 4.13. The quantitative estimate of drug-likeness (QED) is 0.529. The van der Waals surface area contributed by atoms with Crippen molar-refractivity contribution in [2.75, 3.05) is 19.6 Å². The number of aromatic nitrogens is 2. The van der Waals surface area contributed by atoms with Crippen LogP contribution in [0, 0.1) is 13.8 Å². The molecule has 1 aromatic heterocycles. The van der Waals surface area contributed by atoms with Crippen molar-refractivity contribution < 1.29 is 4.79 Å². The zero-order valence-corrected chi connectivity index (χ0v) is 18.6. The zero-order chi connectivity index (χ0) is 21.6. The van der Waals surface area contributed by atoms with Crippen molar-refractivity contribution in [3.8, 4) is 11.3 Å². The summed E-state index contributed by atoms with van der Waals surface area (Å²) in [7, 11) is 0. The first kappa shape index (κ1) is 21.3. The van der Waals surface area contributed by atoms with Gasteiger partial charge in [0.05, 0.1) is 12.2 Å². The van der Waals surface area contributed by atoms with Gasteiger partial charge in [-0.15, -0.1) is 0 Å². The molecule has 0 unspecified atom stereocenters. The highest BCUT2D eigenvalue weighted by Gasteiger charge is 2.19. The van der Waals surface area contributed by atoms with Crippen LogP contribution in [0.15, 0.2) is 54.7 Å². The largest absolute Gasteiger partial charge is 0.343 e. The van der Waals surface area contributed by atoms with E-state index in [0.717, 1.165) is 56.8 Å². The number of rotatable bonds is 9. The average molecular weight is 417 g/mol. The molecule has 1 fully saturated rings. The summed E-state index contributed by atoms with van der Waals surface area (Å²) in [5.74, 6) is 0.305. The standard InChI is InChI=1S/C26H32N4O/c1-20-11-12-23(16-21(20)2)26-24(17-27-13-7-15-29-14-6-10-25(29)31)19-30(28-26)18-22-8-4-3-5-9-22/h3-5,8-9,11-12,16,19,27H,6-7,10,13-15,17-18H2,1-2H3. The van der Waals surface area contributed by atoms with Gasteiger partial charge in [-0.05, 0) is 56.0 Å². The molecule has 5 nitrogen and oxygen atoms in total. The van der Waals surface area contributed by atoms with Gasteiger partial charge in [0.15, 0.2) is 0 Å². The average Bonchev–Trinajstić information content (AvgIpc) is 3.36. The van der Waals surface area contributed by atoms with E-state index in [2.05, 4.69) is 67.8 Å². The summed E-state index contributed by atoms with van der Waals surface area (Å²) in [6.07, 6.45) is 4.86. The van der Waals surface area contributed by atoms with Crippen molar-refractivity contribution >= 4 is 5.91 Å². The fourth-order valence-corrected chi connectivity index (χ4v) is 4.13. The summed E-state index contributed by atoms with van der Waals surface area (Å²) in [6, 6.07) is 17.0. The molecule has 1 aliphatic heterocycles. The second kappa shape index (κ2) is 9.92. The topological polar surface area (TPSA) is 50.2 Å². The maximum absolute atomic E-state index is 11.8. The molecule has 3 aromatic rings. The molecule has 2 aromatic carbocycles. The maximum atomic E-state index is 11.8. The van der Waals surface area contributed by atoms with E-state index >= 15 is 0 Å². The molecular weight excluding hydrogens is 384 g/mol. The van der Waals surface area contributed by atoms with Crippen molar-refractivity contribution in [1.82, 2.24) is 20.0 Å². The first-order valence-electron chi connectivity index (χ1n) is 11.3. The molecule has 1 N–H and O–H groups in total. The molecule has 0 aliphatic carbocycles. The Morgan fingerprint density at radius 3 is 2.65 bits per heavy atom. The number of hydrogen-bond donors (Lipinski definition) is 1. The number of nitrogens with zero attached hydrogens (tertiary/aromatic N) is 3. The van der Waals surface area contributed by atoms with Crippen molar-refractivity contribution in [2.24, 2.45) is 0 Å². The summed E-state index contributed by atoms with van der Waals surface area (Å²) >= 11 is 0. The van der Waals surface area contributed by atoms with Crippen LogP contribution in [0.5, 0.6) is 0 Å². The van der Waals surface area contributed by atoms with Crippen LogP contribution in [-0.4, -0.2) is 40.2 Å². The van der Waals surface area contributed by atoms with Gasteiger partial charge in [0.2, 0.25) is 5.91 Å².